The van der Waals surface area contributed by atoms with Crippen molar-refractivity contribution in [3.05, 3.63) is 147 Å². The lowest BCUT2D eigenvalue weighted by Gasteiger charge is -2.37. The standard InChI is InChI=1S/C34H24N2O5/c1-20-13-15-22(16-14-20)31(37)30-29(23-8-6-9-24(19-23)36(40)41)34(32(38)25-10-3-4-11-26(25)33(34)39)28-18-17-21-7-2-5-12-27(21)35(28)30/h2-19,28-30H,1H3. The van der Waals surface area contributed by atoms with E-state index < -0.39 is 28.3 Å². The molecule has 200 valence electrons. The number of ketones is 3. The van der Waals surface area contributed by atoms with E-state index in [2.05, 4.69) is 0 Å². The number of fused-ring (bicyclic) bond motifs is 5. The quantitative estimate of drug-likeness (QED) is 0.132. The highest BCUT2D eigenvalue weighted by atomic mass is 16.6. The van der Waals surface area contributed by atoms with Gasteiger partial charge in [0.15, 0.2) is 17.3 Å². The van der Waals surface area contributed by atoms with Crippen molar-refractivity contribution in [1.29, 1.82) is 0 Å². The number of nitro groups is 1. The maximum atomic E-state index is 14.6. The van der Waals surface area contributed by atoms with Gasteiger partial charge >= 0.3 is 0 Å². The molecular formula is C34H24N2O5. The van der Waals surface area contributed by atoms with Gasteiger partial charge in [-0.05, 0) is 24.1 Å². The fraction of sp³-hybridized carbons (Fsp3) is 0.147. The first-order valence-corrected chi connectivity index (χ1v) is 13.4. The fourth-order valence-electron chi connectivity index (χ4n) is 7.01. The third-order valence-electron chi connectivity index (χ3n) is 8.76. The Balaban J connectivity index is 1.56. The van der Waals surface area contributed by atoms with Crippen molar-refractivity contribution in [2.45, 2.75) is 24.9 Å². The average Bonchev–Trinajstić information content (AvgIpc) is 3.43. The van der Waals surface area contributed by atoms with Gasteiger partial charge in [-0.15, -0.1) is 0 Å². The summed E-state index contributed by atoms with van der Waals surface area (Å²) < 4.78 is 0. The Kier molecular flexibility index (Phi) is 5.41. The van der Waals surface area contributed by atoms with E-state index in [-0.39, 0.29) is 23.0 Å². The predicted molar refractivity (Wildman–Crippen MR) is 154 cm³/mol. The molecule has 3 unspecified atom stereocenters. The van der Waals surface area contributed by atoms with Gasteiger partial charge in [0.05, 0.1) is 11.0 Å². The Morgan fingerprint density at radius 3 is 2.20 bits per heavy atom. The summed E-state index contributed by atoms with van der Waals surface area (Å²) in [6.07, 6.45) is 3.74. The number of hydrogen-bond donors (Lipinski definition) is 0. The molecule has 4 aromatic carbocycles. The van der Waals surface area contributed by atoms with Crippen LogP contribution >= 0.6 is 0 Å². The van der Waals surface area contributed by atoms with Crippen LogP contribution < -0.4 is 4.90 Å². The first kappa shape index (κ1) is 24.8. The Bertz CT molecular complexity index is 1790. The molecule has 7 heteroatoms. The van der Waals surface area contributed by atoms with E-state index in [1.165, 1.54) is 12.1 Å². The lowest BCUT2D eigenvalue weighted by atomic mass is 9.64. The van der Waals surface area contributed by atoms with Crippen LogP contribution in [0.5, 0.6) is 0 Å². The highest BCUT2D eigenvalue weighted by molar-refractivity contribution is 6.32. The summed E-state index contributed by atoms with van der Waals surface area (Å²) in [4.78, 5) is 57.1. The Morgan fingerprint density at radius 1 is 0.854 bits per heavy atom. The van der Waals surface area contributed by atoms with Crippen molar-refractivity contribution in [1.82, 2.24) is 0 Å². The molecule has 0 amide bonds. The maximum absolute atomic E-state index is 14.6. The lowest BCUT2D eigenvalue weighted by molar-refractivity contribution is -0.384. The van der Waals surface area contributed by atoms with Crippen molar-refractivity contribution in [2.75, 3.05) is 4.90 Å². The number of anilines is 1. The monoisotopic (exact) mass is 540 g/mol. The van der Waals surface area contributed by atoms with Crippen LogP contribution in [0.25, 0.3) is 6.08 Å². The number of Topliss-reactive ketones (excluding diaryl/α,β-unsaturated/α-hetero) is 3. The van der Waals surface area contributed by atoms with Crippen LogP contribution in [0.3, 0.4) is 0 Å². The van der Waals surface area contributed by atoms with E-state index in [0.29, 0.717) is 22.3 Å². The molecule has 2 aliphatic heterocycles. The summed E-state index contributed by atoms with van der Waals surface area (Å²) in [6.45, 7) is 1.93. The molecule has 4 aromatic rings. The molecule has 0 aromatic heterocycles. The topological polar surface area (TPSA) is 97.6 Å². The number of carbonyl (C=O) groups is 3. The second kappa shape index (κ2) is 8.93. The van der Waals surface area contributed by atoms with Crippen LogP contribution in [-0.2, 0) is 0 Å². The molecule has 3 aliphatic rings. The zero-order valence-corrected chi connectivity index (χ0v) is 22.1. The van der Waals surface area contributed by atoms with Crippen molar-refractivity contribution >= 4 is 34.8 Å². The number of hydrogen-bond acceptors (Lipinski definition) is 6. The predicted octanol–water partition coefficient (Wildman–Crippen LogP) is 6.22. The van der Waals surface area contributed by atoms with E-state index in [1.807, 2.05) is 60.4 Å². The molecule has 7 nitrogen and oxygen atoms in total. The third kappa shape index (κ3) is 3.35. The van der Waals surface area contributed by atoms with Crippen LogP contribution in [0, 0.1) is 22.5 Å². The van der Waals surface area contributed by atoms with Gasteiger partial charge in [0, 0.05) is 40.4 Å². The molecule has 41 heavy (non-hydrogen) atoms. The van der Waals surface area contributed by atoms with Gasteiger partial charge in [-0.3, -0.25) is 24.5 Å². The fourth-order valence-corrected chi connectivity index (χ4v) is 7.01. The average molecular weight is 541 g/mol. The van der Waals surface area contributed by atoms with Crippen LogP contribution in [-0.4, -0.2) is 34.4 Å². The number of nitro benzene ring substituents is 1. The van der Waals surface area contributed by atoms with Gasteiger partial charge in [-0.25, -0.2) is 0 Å². The first-order valence-electron chi connectivity index (χ1n) is 13.4. The summed E-state index contributed by atoms with van der Waals surface area (Å²) in [5, 5.41) is 11.9. The zero-order chi connectivity index (χ0) is 28.5. The molecule has 3 atom stereocenters. The number of carbonyl (C=O) groups excluding carboxylic acids is 3. The zero-order valence-electron chi connectivity index (χ0n) is 22.1. The Labute approximate surface area is 235 Å². The van der Waals surface area contributed by atoms with Crippen LogP contribution in [0.15, 0.2) is 103 Å². The van der Waals surface area contributed by atoms with Gasteiger partial charge in [-0.2, -0.15) is 0 Å². The number of nitrogens with zero attached hydrogens (tertiary/aromatic N) is 2. The normalized spacial score (nSPS) is 21.5. The molecular weight excluding hydrogens is 516 g/mol. The first-order chi connectivity index (χ1) is 19.8. The Morgan fingerprint density at radius 2 is 1.51 bits per heavy atom. The van der Waals surface area contributed by atoms with Gasteiger partial charge in [0.1, 0.15) is 11.5 Å². The van der Waals surface area contributed by atoms with Crippen LogP contribution in [0.1, 0.15) is 53.7 Å². The van der Waals surface area contributed by atoms with Gasteiger partial charge in [0.2, 0.25) is 0 Å². The van der Waals surface area contributed by atoms with Crippen LogP contribution in [0.2, 0.25) is 0 Å². The van der Waals surface area contributed by atoms with E-state index in [0.717, 1.165) is 16.8 Å². The second-order valence-corrected chi connectivity index (χ2v) is 10.8. The summed E-state index contributed by atoms with van der Waals surface area (Å²) in [6, 6.07) is 25.8. The molecule has 1 saturated heterocycles. The molecule has 0 radical (unpaired) electrons. The highest BCUT2D eigenvalue weighted by Gasteiger charge is 2.71. The van der Waals surface area contributed by atoms with Gasteiger partial charge < -0.3 is 4.90 Å². The largest absolute Gasteiger partial charge is 0.352 e. The summed E-state index contributed by atoms with van der Waals surface area (Å²) >= 11 is 0. The SMILES string of the molecule is Cc1ccc(C(=O)C2C(c3cccc([N+](=O)[O-])c3)C3(C(=O)c4ccccc4C3=O)C3C=Cc4ccccc4N23)cc1. The second-order valence-electron chi connectivity index (χ2n) is 10.8. The van der Waals surface area contributed by atoms with Crippen molar-refractivity contribution in [2.24, 2.45) is 5.41 Å². The molecule has 0 N–H and O–H groups in total. The molecule has 0 saturated carbocycles. The minimum Gasteiger partial charge on any atom is -0.352 e. The minimum absolute atomic E-state index is 0.171. The molecule has 1 spiro atoms. The molecule has 0 bridgehead atoms. The third-order valence-corrected chi connectivity index (χ3v) is 8.76. The summed E-state index contributed by atoms with van der Waals surface area (Å²) in [7, 11) is 0. The van der Waals surface area contributed by atoms with Crippen LogP contribution in [0.4, 0.5) is 11.4 Å². The summed E-state index contributed by atoms with van der Waals surface area (Å²) in [5.74, 6) is -1.99. The van der Waals surface area contributed by atoms with E-state index >= 15 is 0 Å². The lowest BCUT2D eigenvalue weighted by Crippen LogP contribution is -2.48. The van der Waals surface area contributed by atoms with Crippen molar-refractivity contribution in [3.63, 3.8) is 0 Å². The van der Waals surface area contributed by atoms with Gasteiger partial charge in [0.25, 0.3) is 5.69 Å². The van der Waals surface area contributed by atoms with Gasteiger partial charge in [-0.1, -0.05) is 96.6 Å². The molecule has 2 heterocycles. The molecule has 1 fully saturated rings. The smallest absolute Gasteiger partial charge is 0.269 e. The number of benzene rings is 4. The number of rotatable bonds is 4. The highest BCUT2D eigenvalue weighted by Crippen LogP contribution is 2.61. The van der Waals surface area contributed by atoms with Crippen molar-refractivity contribution < 1.29 is 19.3 Å². The van der Waals surface area contributed by atoms with E-state index in [4.69, 9.17) is 0 Å². The molecule has 1 aliphatic carbocycles. The number of aryl methyl sites for hydroxylation is 1. The van der Waals surface area contributed by atoms with E-state index in [9.17, 15) is 24.5 Å². The number of non-ortho nitro benzene ring substituents is 1. The molecule has 7 rings (SSSR count). The van der Waals surface area contributed by atoms with Crippen molar-refractivity contribution in [3.8, 4) is 0 Å². The minimum atomic E-state index is -1.70. The number of para-hydroxylation sites is 1. The maximum Gasteiger partial charge on any atom is 0.269 e. The Hall–Kier alpha value is -5.17. The van der Waals surface area contributed by atoms with E-state index in [1.54, 1.807) is 48.5 Å². The summed E-state index contributed by atoms with van der Waals surface area (Å²) in [5.41, 5.74) is 2.16.